The number of nitrogens with two attached hydrogens (primary N) is 1. The number of rotatable bonds is 5. The van der Waals surface area contributed by atoms with Crippen molar-refractivity contribution in [2.45, 2.75) is 64.3 Å². The number of pyridine rings is 1. The molecule has 0 radical (unpaired) electrons. The Balaban J connectivity index is 1.60. The van der Waals surface area contributed by atoms with Crippen molar-refractivity contribution in [2.75, 3.05) is 18.0 Å². The molecule has 6 nitrogen and oxygen atoms in total. The summed E-state index contributed by atoms with van der Waals surface area (Å²) in [5, 5.41) is 3.68. The fourth-order valence-corrected chi connectivity index (χ4v) is 4.06. The van der Waals surface area contributed by atoms with Crippen molar-refractivity contribution in [2.24, 2.45) is 11.7 Å². The summed E-state index contributed by atoms with van der Waals surface area (Å²) < 4.78 is 5.82. The van der Waals surface area contributed by atoms with Crippen molar-refractivity contribution in [3.8, 4) is 0 Å². The smallest absolute Gasteiger partial charge is 0.220 e. The Morgan fingerprint density at radius 1 is 1.32 bits per heavy atom. The number of anilines is 1. The van der Waals surface area contributed by atoms with Crippen LogP contribution in [0.3, 0.4) is 0 Å². The van der Waals surface area contributed by atoms with E-state index in [-0.39, 0.29) is 11.8 Å². The summed E-state index contributed by atoms with van der Waals surface area (Å²) in [6, 6.07) is 4.61. The minimum Gasteiger partial charge on any atom is -0.375 e. The molecule has 2 unspecified atom stereocenters. The molecular formula is C19H30N4O2. The zero-order chi connectivity index (χ0) is 17.8. The molecule has 2 saturated heterocycles. The van der Waals surface area contributed by atoms with E-state index in [0.29, 0.717) is 18.2 Å². The van der Waals surface area contributed by atoms with Gasteiger partial charge in [0.15, 0.2) is 0 Å². The molecule has 2 aliphatic rings. The molecule has 3 rings (SSSR count). The van der Waals surface area contributed by atoms with E-state index in [1.54, 1.807) is 0 Å². The predicted octanol–water partition coefficient (Wildman–Crippen LogP) is 1.83. The first-order chi connectivity index (χ1) is 12.0. The van der Waals surface area contributed by atoms with Gasteiger partial charge in [-0.05, 0) is 45.6 Å². The van der Waals surface area contributed by atoms with Gasteiger partial charge in [0.1, 0.15) is 5.82 Å². The van der Waals surface area contributed by atoms with Gasteiger partial charge in [-0.1, -0.05) is 6.07 Å². The van der Waals surface area contributed by atoms with Gasteiger partial charge in [-0.25, -0.2) is 4.98 Å². The standard InChI is InChI=1S/C19H30N4O2/c1-13-10-17(11-14(2)25-13)22-12-16-4-3-7-21-19(16)23-8-5-15(6-9-23)18(20)24/h3-4,7,13-15,17,22H,5-6,8-12H2,1-2H3,(H2,20,24). The van der Waals surface area contributed by atoms with Gasteiger partial charge in [0.25, 0.3) is 0 Å². The molecule has 3 heterocycles. The number of hydrogen-bond donors (Lipinski definition) is 2. The topological polar surface area (TPSA) is 80.5 Å². The summed E-state index contributed by atoms with van der Waals surface area (Å²) in [5.74, 6) is 0.864. The number of primary amides is 1. The molecule has 25 heavy (non-hydrogen) atoms. The number of aromatic nitrogens is 1. The number of ether oxygens (including phenoxy) is 1. The molecule has 2 fully saturated rings. The molecule has 3 N–H and O–H groups in total. The summed E-state index contributed by atoms with van der Waals surface area (Å²) in [6.45, 7) is 6.76. The van der Waals surface area contributed by atoms with Gasteiger partial charge in [-0.3, -0.25) is 4.79 Å². The lowest BCUT2D eigenvalue weighted by Crippen LogP contribution is -2.42. The van der Waals surface area contributed by atoms with E-state index in [9.17, 15) is 4.79 Å². The van der Waals surface area contributed by atoms with E-state index in [2.05, 4.69) is 35.1 Å². The molecule has 0 saturated carbocycles. The predicted molar refractivity (Wildman–Crippen MR) is 98.2 cm³/mol. The van der Waals surface area contributed by atoms with Gasteiger partial charge in [0.2, 0.25) is 5.91 Å². The van der Waals surface area contributed by atoms with E-state index >= 15 is 0 Å². The first kappa shape index (κ1) is 18.1. The maximum absolute atomic E-state index is 11.4. The van der Waals surface area contributed by atoms with Crippen LogP contribution in [0.1, 0.15) is 45.1 Å². The van der Waals surface area contributed by atoms with E-state index in [1.807, 2.05) is 12.3 Å². The van der Waals surface area contributed by atoms with E-state index < -0.39 is 0 Å². The number of carbonyl (C=O) groups is 1. The van der Waals surface area contributed by atoms with Gasteiger partial charge in [-0.15, -0.1) is 0 Å². The zero-order valence-corrected chi connectivity index (χ0v) is 15.3. The highest BCUT2D eigenvalue weighted by molar-refractivity contribution is 5.77. The third kappa shape index (κ3) is 4.70. The van der Waals surface area contributed by atoms with Crippen molar-refractivity contribution >= 4 is 11.7 Å². The molecule has 138 valence electrons. The quantitative estimate of drug-likeness (QED) is 0.850. The maximum atomic E-state index is 11.4. The Hall–Kier alpha value is -1.66. The SMILES string of the molecule is CC1CC(NCc2cccnc2N2CCC(C(N)=O)CC2)CC(C)O1. The van der Waals surface area contributed by atoms with Crippen LogP contribution in [-0.4, -0.2) is 42.2 Å². The molecule has 0 bridgehead atoms. The molecule has 1 amide bonds. The third-order valence-electron chi connectivity index (χ3n) is 5.34. The first-order valence-electron chi connectivity index (χ1n) is 9.40. The molecule has 2 atom stereocenters. The first-order valence-corrected chi connectivity index (χ1v) is 9.40. The van der Waals surface area contributed by atoms with Crippen LogP contribution in [0.25, 0.3) is 0 Å². The molecule has 0 spiro atoms. The minimum atomic E-state index is -0.176. The summed E-state index contributed by atoms with van der Waals surface area (Å²) in [6.07, 6.45) is 6.18. The number of carbonyl (C=O) groups excluding carboxylic acids is 1. The summed E-state index contributed by atoms with van der Waals surface area (Å²) >= 11 is 0. The van der Waals surface area contributed by atoms with Crippen LogP contribution in [0, 0.1) is 5.92 Å². The Labute approximate surface area is 150 Å². The molecule has 2 aliphatic heterocycles. The fourth-order valence-electron chi connectivity index (χ4n) is 4.06. The normalized spacial score (nSPS) is 28.1. The van der Waals surface area contributed by atoms with Gasteiger partial charge in [-0.2, -0.15) is 0 Å². The molecule has 6 heteroatoms. The minimum absolute atomic E-state index is 0.00625. The van der Waals surface area contributed by atoms with E-state index in [1.165, 1.54) is 5.56 Å². The Bertz CT molecular complexity index is 577. The Kier molecular flexibility index (Phi) is 5.91. The number of nitrogens with zero attached hydrogens (tertiary/aromatic N) is 2. The van der Waals surface area contributed by atoms with E-state index in [0.717, 1.165) is 51.1 Å². The summed E-state index contributed by atoms with van der Waals surface area (Å²) in [5.41, 5.74) is 6.66. The largest absolute Gasteiger partial charge is 0.375 e. The highest BCUT2D eigenvalue weighted by atomic mass is 16.5. The van der Waals surface area contributed by atoms with Crippen LogP contribution in [0.4, 0.5) is 5.82 Å². The Morgan fingerprint density at radius 2 is 2.00 bits per heavy atom. The number of nitrogens with one attached hydrogen (secondary N) is 1. The molecular weight excluding hydrogens is 316 g/mol. The van der Waals surface area contributed by atoms with E-state index in [4.69, 9.17) is 10.5 Å². The average molecular weight is 346 g/mol. The third-order valence-corrected chi connectivity index (χ3v) is 5.34. The average Bonchev–Trinajstić information content (AvgIpc) is 2.59. The second-order valence-electron chi connectivity index (χ2n) is 7.46. The summed E-state index contributed by atoms with van der Waals surface area (Å²) in [4.78, 5) is 18.3. The number of piperidine rings is 1. The lowest BCUT2D eigenvalue weighted by Gasteiger charge is -2.34. The van der Waals surface area contributed by atoms with Crippen LogP contribution < -0.4 is 16.0 Å². The van der Waals surface area contributed by atoms with Crippen molar-refractivity contribution in [1.29, 1.82) is 0 Å². The Morgan fingerprint density at radius 3 is 2.64 bits per heavy atom. The fraction of sp³-hybridized carbons (Fsp3) is 0.684. The second-order valence-corrected chi connectivity index (χ2v) is 7.46. The highest BCUT2D eigenvalue weighted by Crippen LogP contribution is 2.25. The number of hydrogen-bond acceptors (Lipinski definition) is 5. The highest BCUT2D eigenvalue weighted by Gasteiger charge is 2.26. The van der Waals surface area contributed by atoms with Crippen molar-refractivity contribution < 1.29 is 9.53 Å². The van der Waals surface area contributed by atoms with Crippen LogP contribution in [-0.2, 0) is 16.1 Å². The molecule has 0 aliphatic carbocycles. The van der Waals surface area contributed by atoms with Gasteiger partial charge in [0, 0.05) is 43.4 Å². The van der Waals surface area contributed by atoms with Crippen LogP contribution >= 0.6 is 0 Å². The van der Waals surface area contributed by atoms with Gasteiger partial charge < -0.3 is 20.7 Å². The van der Waals surface area contributed by atoms with Crippen molar-refractivity contribution in [3.63, 3.8) is 0 Å². The van der Waals surface area contributed by atoms with Gasteiger partial charge >= 0.3 is 0 Å². The number of amides is 1. The molecule has 0 aromatic carbocycles. The summed E-state index contributed by atoms with van der Waals surface area (Å²) in [7, 11) is 0. The zero-order valence-electron chi connectivity index (χ0n) is 15.3. The van der Waals surface area contributed by atoms with Crippen LogP contribution in [0.2, 0.25) is 0 Å². The monoisotopic (exact) mass is 346 g/mol. The molecule has 1 aromatic rings. The van der Waals surface area contributed by atoms with Crippen molar-refractivity contribution in [3.05, 3.63) is 23.9 Å². The second kappa shape index (κ2) is 8.15. The maximum Gasteiger partial charge on any atom is 0.220 e. The van der Waals surface area contributed by atoms with Gasteiger partial charge in [0.05, 0.1) is 12.2 Å². The van der Waals surface area contributed by atoms with Crippen molar-refractivity contribution in [1.82, 2.24) is 10.3 Å². The van der Waals surface area contributed by atoms with Crippen LogP contribution in [0.15, 0.2) is 18.3 Å². The lowest BCUT2D eigenvalue weighted by atomic mass is 9.96. The van der Waals surface area contributed by atoms with Crippen LogP contribution in [0.5, 0.6) is 0 Å². The lowest BCUT2D eigenvalue weighted by molar-refractivity contribution is -0.122. The molecule has 1 aromatic heterocycles.